The zero-order valence-electron chi connectivity index (χ0n) is 28.2. The maximum Gasteiger partial charge on any atom is 0.180 e. The molecule has 1 aliphatic carbocycles. The SMILES string of the molecule is c1ccc2c(c1)Oc1cccc(-c3nc(-c4nc5ccccc5c5ccccc45)nc4c3sc3ccccc34)c1C21c2ccccc2-c2ccccc21. The quantitative estimate of drug-likeness (QED) is 0.169. The highest BCUT2D eigenvalue weighted by Gasteiger charge is 2.52. The van der Waals surface area contributed by atoms with Gasteiger partial charge in [0.1, 0.15) is 17.2 Å². The first-order valence-electron chi connectivity index (χ1n) is 17.9. The highest BCUT2D eigenvalue weighted by Crippen LogP contribution is 2.64. The molecule has 2 aliphatic rings. The molecule has 12 rings (SSSR count). The third-order valence-electron chi connectivity index (χ3n) is 11.2. The predicted octanol–water partition coefficient (Wildman–Crippen LogP) is 12.3. The fourth-order valence-electron chi connectivity index (χ4n) is 9.07. The second-order valence-corrected chi connectivity index (χ2v) is 14.9. The minimum Gasteiger partial charge on any atom is -0.457 e. The number of para-hydroxylation sites is 2. The molecule has 7 aromatic carbocycles. The summed E-state index contributed by atoms with van der Waals surface area (Å²) in [6.45, 7) is 0. The Bertz CT molecular complexity index is 3140. The number of ether oxygens (including phenoxy) is 1. The van der Waals surface area contributed by atoms with E-state index in [0.717, 1.165) is 76.9 Å². The van der Waals surface area contributed by atoms with Gasteiger partial charge in [-0.2, -0.15) is 0 Å². The molecule has 0 bridgehead atoms. The van der Waals surface area contributed by atoms with Gasteiger partial charge in [0.2, 0.25) is 0 Å². The normalized spacial score (nSPS) is 13.6. The molecule has 4 nitrogen and oxygen atoms in total. The Morgan fingerprint density at radius 3 is 1.85 bits per heavy atom. The molecule has 0 saturated heterocycles. The largest absolute Gasteiger partial charge is 0.457 e. The van der Waals surface area contributed by atoms with Crippen LogP contribution in [0.2, 0.25) is 0 Å². The summed E-state index contributed by atoms with van der Waals surface area (Å²) in [4.78, 5) is 16.3. The van der Waals surface area contributed by atoms with Crippen molar-refractivity contribution in [3.8, 4) is 45.4 Å². The van der Waals surface area contributed by atoms with E-state index in [2.05, 4.69) is 158 Å². The highest BCUT2D eigenvalue weighted by atomic mass is 32.1. The number of thiophene rings is 1. The van der Waals surface area contributed by atoms with E-state index in [1.807, 2.05) is 6.07 Å². The number of pyridine rings is 1. The van der Waals surface area contributed by atoms with Crippen molar-refractivity contribution in [2.45, 2.75) is 5.41 Å². The van der Waals surface area contributed by atoms with E-state index in [4.69, 9.17) is 19.7 Å². The zero-order valence-corrected chi connectivity index (χ0v) is 29.1. The standard InChI is InChI=1S/C48H27N3OS/c1-2-18-32-28(14-1)31-17-5-10-24-38(31)49-45(32)47-50-43-33-19-6-12-27-41(33)53-46(43)44(51-47)34-20-13-26-40-42(34)48(37-23-9-11-25-39(37)52-40)35-21-7-3-15-29(35)30-16-4-8-22-36(30)48/h1-27H. The Morgan fingerprint density at radius 2 is 1.04 bits per heavy atom. The molecule has 0 fully saturated rings. The van der Waals surface area contributed by atoms with Crippen molar-refractivity contribution in [2.24, 2.45) is 0 Å². The predicted molar refractivity (Wildman–Crippen MR) is 216 cm³/mol. The van der Waals surface area contributed by atoms with Crippen LogP contribution in [0.1, 0.15) is 22.3 Å². The van der Waals surface area contributed by atoms with Gasteiger partial charge in [-0.1, -0.05) is 140 Å². The third-order valence-corrected chi connectivity index (χ3v) is 12.3. The van der Waals surface area contributed by atoms with Crippen molar-refractivity contribution < 1.29 is 4.74 Å². The van der Waals surface area contributed by atoms with E-state index in [0.29, 0.717) is 5.82 Å². The van der Waals surface area contributed by atoms with Gasteiger partial charge >= 0.3 is 0 Å². The van der Waals surface area contributed by atoms with Gasteiger partial charge < -0.3 is 4.74 Å². The lowest BCUT2D eigenvalue weighted by atomic mass is 9.64. The molecule has 4 heterocycles. The summed E-state index contributed by atoms with van der Waals surface area (Å²) in [6.07, 6.45) is 0. The van der Waals surface area contributed by atoms with Crippen LogP contribution in [0.5, 0.6) is 11.5 Å². The van der Waals surface area contributed by atoms with Crippen LogP contribution in [0.15, 0.2) is 164 Å². The minimum absolute atomic E-state index is 0.606. The minimum atomic E-state index is -0.643. The van der Waals surface area contributed by atoms with Gasteiger partial charge in [0.25, 0.3) is 0 Å². The van der Waals surface area contributed by atoms with E-state index in [1.54, 1.807) is 11.3 Å². The van der Waals surface area contributed by atoms with E-state index in [-0.39, 0.29) is 0 Å². The summed E-state index contributed by atoms with van der Waals surface area (Å²) in [5.74, 6) is 2.30. The first-order valence-corrected chi connectivity index (χ1v) is 18.7. The van der Waals surface area contributed by atoms with E-state index in [1.165, 1.54) is 27.0 Å². The van der Waals surface area contributed by atoms with Crippen molar-refractivity contribution in [3.05, 3.63) is 186 Å². The molecule has 5 heteroatoms. The number of rotatable bonds is 2. The number of benzene rings is 7. The summed E-state index contributed by atoms with van der Waals surface area (Å²) in [7, 11) is 0. The number of fused-ring (bicyclic) bond motifs is 15. The Balaban J connectivity index is 1.24. The molecule has 246 valence electrons. The number of hydrogen-bond donors (Lipinski definition) is 0. The van der Waals surface area contributed by atoms with Crippen molar-refractivity contribution >= 4 is 53.3 Å². The van der Waals surface area contributed by atoms with Gasteiger partial charge in [0.05, 0.1) is 26.8 Å². The fraction of sp³-hybridized carbons (Fsp3) is 0.0208. The van der Waals surface area contributed by atoms with Crippen LogP contribution in [-0.2, 0) is 5.41 Å². The van der Waals surface area contributed by atoms with Crippen molar-refractivity contribution in [3.63, 3.8) is 0 Å². The highest BCUT2D eigenvalue weighted by molar-refractivity contribution is 7.26. The van der Waals surface area contributed by atoms with Crippen molar-refractivity contribution in [1.29, 1.82) is 0 Å². The average Bonchev–Trinajstić information content (AvgIpc) is 3.74. The molecular formula is C48H27N3OS. The van der Waals surface area contributed by atoms with E-state index < -0.39 is 5.41 Å². The van der Waals surface area contributed by atoms with Gasteiger partial charge in [0, 0.05) is 37.5 Å². The van der Waals surface area contributed by atoms with E-state index in [9.17, 15) is 0 Å². The topological polar surface area (TPSA) is 47.9 Å². The monoisotopic (exact) mass is 693 g/mol. The Kier molecular flexibility index (Phi) is 5.83. The third kappa shape index (κ3) is 3.81. The van der Waals surface area contributed by atoms with Crippen LogP contribution < -0.4 is 4.74 Å². The maximum absolute atomic E-state index is 6.90. The molecule has 0 saturated carbocycles. The molecular weight excluding hydrogens is 667 g/mol. The first-order chi connectivity index (χ1) is 26.3. The fourth-order valence-corrected chi connectivity index (χ4v) is 10.2. The van der Waals surface area contributed by atoms with Crippen molar-refractivity contribution in [1.82, 2.24) is 15.0 Å². The molecule has 0 N–H and O–H groups in total. The number of nitrogens with zero attached hydrogens (tertiary/aromatic N) is 3. The van der Waals surface area contributed by atoms with Crippen LogP contribution >= 0.6 is 11.3 Å². The van der Waals surface area contributed by atoms with Gasteiger partial charge in [0.15, 0.2) is 5.82 Å². The number of aromatic nitrogens is 3. The van der Waals surface area contributed by atoms with Crippen LogP contribution in [0, 0.1) is 0 Å². The Labute approximate surface area is 308 Å². The molecule has 0 unspecified atom stereocenters. The Morgan fingerprint density at radius 1 is 0.434 bits per heavy atom. The Hall–Kier alpha value is -6.69. The van der Waals surface area contributed by atoms with Gasteiger partial charge in [-0.25, -0.2) is 15.0 Å². The molecule has 0 atom stereocenters. The van der Waals surface area contributed by atoms with Crippen LogP contribution in [0.3, 0.4) is 0 Å². The van der Waals surface area contributed by atoms with Crippen LogP contribution in [0.25, 0.3) is 75.9 Å². The molecule has 10 aromatic rings. The molecule has 0 radical (unpaired) electrons. The molecule has 1 aliphatic heterocycles. The summed E-state index contributed by atoms with van der Waals surface area (Å²) < 4.78 is 9.11. The molecule has 53 heavy (non-hydrogen) atoms. The van der Waals surface area contributed by atoms with E-state index >= 15 is 0 Å². The van der Waals surface area contributed by atoms with Crippen molar-refractivity contribution in [2.75, 3.05) is 0 Å². The molecule has 1 spiro atoms. The molecule has 0 amide bonds. The summed E-state index contributed by atoms with van der Waals surface area (Å²) in [6, 6.07) is 58.0. The maximum atomic E-state index is 6.90. The lowest BCUT2D eigenvalue weighted by Crippen LogP contribution is -2.33. The second kappa shape index (κ2) is 10.7. The van der Waals surface area contributed by atoms with Gasteiger partial charge in [-0.05, 0) is 51.9 Å². The average molecular weight is 694 g/mol. The smallest absolute Gasteiger partial charge is 0.180 e. The zero-order chi connectivity index (χ0) is 34.7. The van der Waals surface area contributed by atoms with Gasteiger partial charge in [-0.3, -0.25) is 0 Å². The van der Waals surface area contributed by atoms with Crippen LogP contribution in [-0.4, -0.2) is 15.0 Å². The van der Waals surface area contributed by atoms with Crippen LogP contribution in [0.4, 0.5) is 0 Å². The second-order valence-electron chi connectivity index (χ2n) is 13.8. The molecule has 3 aromatic heterocycles. The lowest BCUT2D eigenvalue weighted by Gasteiger charge is -2.40. The van der Waals surface area contributed by atoms with Gasteiger partial charge in [-0.15, -0.1) is 11.3 Å². The summed E-state index contributed by atoms with van der Waals surface area (Å²) in [5.41, 5.74) is 11.1. The first kappa shape index (κ1) is 28.9. The summed E-state index contributed by atoms with van der Waals surface area (Å²) in [5, 5.41) is 4.38. The number of hydrogen-bond acceptors (Lipinski definition) is 5. The summed E-state index contributed by atoms with van der Waals surface area (Å²) >= 11 is 1.75. The lowest BCUT2D eigenvalue weighted by molar-refractivity contribution is 0.437.